The van der Waals surface area contributed by atoms with Crippen molar-refractivity contribution in [2.24, 2.45) is 5.92 Å². The van der Waals surface area contributed by atoms with Crippen LogP contribution >= 0.6 is 0 Å². The number of fused-ring (bicyclic) bond motifs is 3. The van der Waals surface area contributed by atoms with E-state index in [4.69, 9.17) is 0 Å². The van der Waals surface area contributed by atoms with Crippen LogP contribution in [0.15, 0.2) is 23.2 Å². The van der Waals surface area contributed by atoms with E-state index in [0.717, 1.165) is 48.6 Å². The molecule has 1 heterocycles. The molecule has 2 aliphatic rings. The van der Waals surface area contributed by atoms with Gasteiger partial charge in [-0.05, 0) is 67.7 Å². The molecular formula is C20H26N2O2S. The second-order valence-electron chi connectivity index (χ2n) is 7.89. The number of pyridine rings is 1. The first-order chi connectivity index (χ1) is 12.0. The number of sulfonamides is 1. The molecule has 1 fully saturated rings. The molecule has 1 saturated carbocycles. The molecule has 0 spiro atoms. The van der Waals surface area contributed by atoms with E-state index in [1.54, 1.807) is 0 Å². The van der Waals surface area contributed by atoms with Crippen LogP contribution in [0.25, 0.3) is 10.8 Å². The van der Waals surface area contributed by atoms with Crippen molar-refractivity contribution in [3.05, 3.63) is 35.2 Å². The molecule has 0 bridgehead atoms. The monoisotopic (exact) mass is 358 g/mol. The summed E-state index contributed by atoms with van der Waals surface area (Å²) in [6.07, 6.45) is 8.54. The minimum atomic E-state index is -3.52. The first-order valence-corrected chi connectivity index (χ1v) is 10.9. The third kappa shape index (κ3) is 3.32. The molecule has 0 amide bonds. The lowest BCUT2D eigenvalue weighted by molar-refractivity contribution is 0.560. The van der Waals surface area contributed by atoms with E-state index >= 15 is 0 Å². The fourth-order valence-electron chi connectivity index (χ4n) is 3.73. The second-order valence-corrected chi connectivity index (χ2v) is 9.63. The second kappa shape index (κ2) is 6.36. The van der Waals surface area contributed by atoms with Crippen LogP contribution < -0.4 is 4.72 Å². The first kappa shape index (κ1) is 17.0. The fourth-order valence-corrected chi connectivity index (χ4v) is 5.19. The summed E-state index contributed by atoms with van der Waals surface area (Å²) in [5.74, 6) is 0.793. The Morgan fingerprint density at radius 2 is 1.92 bits per heavy atom. The van der Waals surface area contributed by atoms with E-state index in [0.29, 0.717) is 17.4 Å². The predicted octanol–water partition coefficient (Wildman–Crippen LogP) is 3.93. The Morgan fingerprint density at radius 1 is 1.16 bits per heavy atom. The van der Waals surface area contributed by atoms with Crippen molar-refractivity contribution >= 4 is 20.8 Å². The zero-order valence-electron chi connectivity index (χ0n) is 15.0. The number of aryl methyl sites for hydroxylation is 2. The largest absolute Gasteiger partial charge is 0.260 e. The van der Waals surface area contributed by atoms with Gasteiger partial charge in [0, 0.05) is 35.1 Å². The van der Waals surface area contributed by atoms with E-state index in [9.17, 15) is 8.42 Å². The average molecular weight is 359 g/mol. The van der Waals surface area contributed by atoms with E-state index < -0.39 is 10.0 Å². The number of rotatable bonds is 5. The van der Waals surface area contributed by atoms with Gasteiger partial charge in [0.15, 0.2) is 0 Å². The molecule has 0 atom stereocenters. The van der Waals surface area contributed by atoms with Crippen molar-refractivity contribution in [1.29, 1.82) is 0 Å². The van der Waals surface area contributed by atoms with Crippen LogP contribution in [0.2, 0.25) is 0 Å². The van der Waals surface area contributed by atoms with Crippen LogP contribution in [0.3, 0.4) is 0 Å². The lowest BCUT2D eigenvalue weighted by Crippen LogP contribution is -2.28. The van der Waals surface area contributed by atoms with Gasteiger partial charge in [-0.3, -0.25) is 4.98 Å². The number of nitrogens with zero attached hydrogens (tertiary/aromatic N) is 1. The van der Waals surface area contributed by atoms with E-state index in [1.165, 1.54) is 17.5 Å². The highest BCUT2D eigenvalue weighted by Crippen LogP contribution is 2.41. The quantitative estimate of drug-likeness (QED) is 0.881. The minimum absolute atomic E-state index is 0.280. The highest BCUT2D eigenvalue weighted by atomic mass is 32.2. The van der Waals surface area contributed by atoms with E-state index in [-0.39, 0.29) is 5.92 Å². The van der Waals surface area contributed by atoms with Crippen molar-refractivity contribution in [3.8, 4) is 0 Å². The number of benzene rings is 1. The Balaban J connectivity index is 1.90. The summed E-state index contributed by atoms with van der Waals surface area (Å²) in [5.41, 5.74) is 3.53. The van der Waals surface area contributed by atoms with Gasteiger partial charge in [-0.1, -0.05) is 13.8 Å². The van der Waals surface area contributed by atoms with Gasteiger partial charge in [0.1, 0.15) is 0 Å². The maximum absolute atomic E-state index is 13.0. The average Bonchev–Trinajstić information content (AvgIpc) is 3.44. The standard InChI is InChI=1S/C20H26N2O2S/c1-13(2)11-22-25(23,24)20-9-15-5-3-4-6-16(15)18-12-21-19(10-17(18)20)14-7-8-14/h9-10,12-14,22H,3-8,11H2,1-2H3. The van der Waals surface area contributed by atoms with Crippen LogP contribution in [0, 0.1) is 5.92 Å². The molecular weight excluding hydrogens is 332 g/mol. The molecule has 2 aromatic rings. The normalized spacial score (nSPS) is 17.9. The van der Waals surface area contributed by atoms with Gasteiger partial charge in [0.25, 0.3) is 0 Å². The van der Waals surface area contributed by atoms with Crippen LogP contribution in [0.4, 0.5) is 0 Å². The van der Waals surface area contributed by atoms with Crippen molar-refractivity contribution in [2.45, 2.75) is 63.2 Å². The topological polar surface area (TPSA) is 59.1 Å². The van der Waals surface area contributed by atoms with Crippen LogP contribution in [-0.4, -0.2) is 19.9 Å². The van der Waals surface area contributed by atoms with Crippen LogP contribution in [0.1, 0.15) is 62.3 Å². The molecule has 1 aromatic heterocycles. The Hall–Kier alpha value is -1.46. The summed E-state index contributed by atoms with van der Waals surface area (Å²) in [4.78, 5) is 5.10. The molecule has 1 N–H and O–H groups in total. The summed E-state index contributed by atoms with van der Waals surface area (Å²) in [5, 5.41) is 1.89. The number of hydrogen-bond donors (Lipinski definition) is 1. The van der Waals surface area contributed by atoms with Crippen molar-refractivity contribution in [3.63, 3.8) is 0 Å². The molecule has 0 radical (unpaired) electrons. The van der Waals surface area contributed by atoms with E-state index in [1.807, 2.05) is 32.2 Å². The van der Waals surface area contributed by atoms with Crippen molar-refractivity contribution < 1.29 is 8.42 Å². The number of aromatic nitrogens is 1. The highest BCUT2D eigenvalue weighted by molar-refractivity contribution is 7.89. The molecule has 0 unspecified atom stereocenters. The molecule has 4 nitrogen and oxygen atoms in total. The molecule has 1 aromatic carbocycles. The summed E-state index contributed by atoms with van der Waals surface area (Å²) in [6.45, 7) is 4.49. The lowest BCUT2D eigenvalue weighted by atomic mass is 9.88. The molecule has 134 valence electrons. The summed E-state index contributed by atoms with van der Waals surface area (Å²) >= 11 is 0. The Bertz CT molecular complexity index is 915. The van der Waals surface area contributed by atoms with Gasteiger partial charge in [0.05, 0.1) is 4.90 Å². The highest BCUT2D eigenvalue weighted by Gasteiger charge is 2.28. The first-order valence-electron chi connectivity index (χ1n) is 9.40. The Kier molecular flexibility index (Phi) is 4.32. The predicted molar refractivity (Wildman–Crippen MR) is 100 cm³/mol. The minimum Gasteiger partial charge on any atom is -0.260 e. The summed E-state index contributed by atoms with van der Waals surface area (Å²) in [6, 6.07) is 3.96. The summed E-state index contributed by atoms with van der Waals surface area (Å²) in [7, 11) is -3.52. The third-order valence-electron chi connectivity index (χ3n) is 5.30. The molecule has 0 saturated heterocycles. The Labute approximate surface area is 150 Å². The van der Waals surface area contributed by atoms with Crippen LogP contribution in [0.5, 0.6) is 0 Å². The number of hydrogen-bond acceptors (Lipinski definition) is 3. The smallest absolute Gasteiger partial charge is 0.241 e. The molecule has 5 heteroatoms. The zero-order chi connectivity index (χ0) is 17.6. The maximum atomic E-state index is 13.0. The van der Waals surface area contributed by atoms with Gasteiger partial charge in [-0.25, -0.2) is 13.1 Å². The van der Waals surface area contributed by atoms with Crippen LogP contribution in [-0.2, 0) is 22.9 Å². The SMILES string of the molecule is CC(C)CNS(=O)(=O)c1cc2c(c3cnc(C4CC4)cc13)CCCC2. The fraction of sp³-hybridized carbons (Fsp3) is 0.550. The van der Waals surface area contributed by atoms with Gasteiger partial charge in [0.2, 0.25) is 10.0 Å². The Morgan fingerprint density at radius 3 is 2.64 bits per heavy atom. The molecule has 25 heavy (non-hydrogen) atoms. The maximum Gasteiger partial charge on any atom is 0.241 e. The number of nitrogens with one attached hydrogen (secondary N) is 1. The molecule has 0 aliphatic heterocycles. The van der Waals surface area contributed by atoms with Gasteiger partial charge >= 0.3 is 0 Å². The van der Waals surface area contributed by atoms with Crippen molar-refractivity contribution in [1.82, 2.24) is 9.71 Å². The van der Waals surface area contributed by atoms with Crippen molar-refractivity contribution in [2.75, 3.05) is 6.54 Å². The van der Waals surface area contributed by atoms with E-state index in [2.05, 4.69) is 9.71 Å². The molecule has 2 aliphatic carbocycles. The zero-order valence-corrected chi connectivity index (χ0v) is 15.8. The van der Waals surface area contributed by atoms with Gasteiger partial charge < -0.3 is 0 Å². The lowest BCUT2D eigenvalue weighted by Gasteiger charge is -2.21. The summed E-state index contributed by atoms with van der Waals surface area (Å²) < 4.78 is 28.8. The van der Waals surface area contributed by atoms with Gasteiger partial charge in [-0.15, -0.1) is 0 Å². The van der Waals surface area contributed by atoms with Gasteiger partial charge in [-0.2, -0.15) is 0 Å². The molecule has 4 rings (SSSR count). The third-order valence-corrected chi connectivity index (χ3v) is 6.76.